The second kappa shape index (κ2) is 23.6. The zero-order valence-electron chi connectivity index (χ0n) is 22.5. The van der Waals surface area contributed by atoms with E-state index in [0.717, 1.165) is 37.8 Å². The standard InChI is InChI=1S/C27H57NO3Si/c1-6-8-9-10-11-12-13-14-15-16-17-18-19-20-22-28(5)27(29)31-23-21-24-32(26(3)4)25-30-7-2/h26,32H,6-25H2,1-5H3. The van der Waals surface area contributed by atoms with Crippen LogP contribution >= 0.6 is 0 Å². The predicted octanol–water partition coefficient (Wildman–Crippen LogP) is 8.14. The molecular formula is C27H57NO3Si. The Bertz CT molecular complexity index is 406. The molecule has 0 aromatic heterocycles. The first kappa shape index (κ1) is 31.4. The van der Waals surface area contributed by atoms with E-state index in [4.69, 9.17) is 9.47 Å². The summed E-state index contributed by atoms with van der Waals surface area (Å²) in [5.41, 5.74) is 0.736. The monoisotopic (exact) mass is 471 g/mol. The van der Waals surface area contributed by atoms with Gasteiger partial charge in [-0.15, -0.1) is 0 Å². The Morgan fingerprint density at radius 2 is 1.28 bits per heavy atom. The van der Waals surface area contributed by atoms with Gasteiger partial charge in [0.2, 0.25) is 0 Å². The number of unbranched alkanes of at least 4 members (excludes halogenated alkanes) is 13. The SMILES string of the molecule is CCCCCCCCCCCCCCCCN(C)C(=O)OCCC[SiH](COCC)C(C)C. The molecule has 0 aromatic rings. The topological polar surface area (TPSA) is 38.8 Å². The lowest BCUT2D eigenvalue weighted by Crippen LogP contribution is -2.29. The van der Waals surface area contributed by atoms with E-state index in [1.807, 2.05) is 7.05 Å². The molecule has 1 atom stereocenters. The number of amides is 1. The minimum absolute atomic E-state index is 0.160. The molecule has 4 nitrogen and oxygen atoms in total. The van der Waals surface area contributed by atoms with Gasteiger partial charge >= 0.3 is 6.09 Å². The zero-order chi connectivity index (χ0) is 23.9. The molecule has 32 heavy (non-hydrogen) atoms. The first-order valence-corrected chi connectivity index (χ1v) is 16.3. The summed E-state index contributed by atoms with van der Waals surface area (Å²) in [7, 11) is 0.980. The smallest absolute Gasteiger partial charge is 0.409 e. The average molecular weight is 472 g/mol. The molecule has 192 valence electrons. The van der Waals surface area contributed by atoms with Crippen LogP contribution in [0.3, 0.4) is 0 Å². The van der Waals surface area contributed by atoms with Gasteiger partial charge in [0.1, 0.15) is 0 Å². The number of nitrogens with zero attached hydrogens (tertiary/aromatic N) is 1. The fourth-order valence-electron chi connectivity index (χ4n) is 4.13. The number of hydrogen-bond acceptors (Lipinski definition) is 3. The third-order valence-corrected chi connectivity index (χ3v) is 10.3. The van der Waals surface area contributed by atoms with E-state index >= 15 is 0 Å². The van der Waals surface area contributed by atoms with Crippen molar-refractivity contribution in [3.8, 4) is 0 Å². The highest BCUT2D eigenvalue weighted by molar-refractivity contribution is 6.60. The van der Waals surface area contributed by atoms with Crippen LogP contribution in [0, 0.1) is 0 Å². The van der Waals surface area contributed by atoms with Crippen LogP contribution in [0.4, 0.5) is 4.79 Å². The van der Waals surface area contributed by atoms with E-state index in [1.54, 1.807) is 4.90 Å². The fourth-order valence-corrected chi connectivity index (χ4v) is 6.58. The van der Waals surface area contributed by atoms with Gasteiger partial charge in [0.15, 0.2) is 0 Å². The van der Waals surface area contributed by atoms with Gasteiger partial charge in [-0.2, -0.15) is 0 Å². The maximum atomic E-state index is 12.1. The Morgan fingerprint density at radius 1 is 0.781 bits per heavy atom. The lowest BCUT2D eigenvalue weighted by Gasteiger charge is -2.20. The molecule has 1 amide bonds. The largest absolute Gasteiger partial charge is 0.449 e. The Balaban J connectivity index is 3.50. The molecule has 0 radical (unpaired) electrons. The molecule has 0 aromatic carbocycles. The number of ether oxygens (including phenoxy) is 2. The summed E-state index contributed by atoms with van der Waals surface area (Å²) in [6.07, 6.45) is 20.8. The van der Waals surface area contributed by atoms with E-state index in [1.165, 1.54) is 89.5 Å². The molecule has 0 saturated carbocycles. The van der Waals surface area contributed by atoms with E-state index in [0.29, 0.717) is 6.61 Å². The molecule has 0 aliphatic rings. The first-order valence-electron chi connectivity index (χ1n) is 14.0. The third kappa shape index (κ3) is 20.1. The van der Waals surface area contributed by atoms with Crippen molar-refractivity contribution < 1.29 is 14.3 Å². The van der Waals surface area contributed by atoms with Crippen molar-refractivity contribution in [1.82, 2.24) is 4.90 Å². The van der Waals surface area contributed by atoms with Crippen LogP contribution in [0.2, 0.25) is 11.6 Å². The van der Waals surface area contributed by atoms with Gasteiger partial charge in [0, 0.05) is 26.4 Å². The molecule has 0 N–H and O–H groups in total. The summed E-state index contributed by atoms with van der Waals surface area (Å²) in [5.74, 6) is 0. The van der Waals surface area contributed by atoms with Gasteiger partial charge in [0.05, 0.1) is 15.4 Å². The van der Waals surface area contributed by atoms with Crippen molar-refractivity contribution in [2.45, 2.75) is 136 Å². The second-order valence-corrected chi connectivity index (χ2v) is 13.7. The van der Waals surface area contributed by atoms with E-state index in [-0.39, 0.29) is 6.09 Å². The van der Waals surface area contributed by atoms with Gasteiger partial charge in [-0.25, -0.2) is 4.79 Å². The molecule has 0 spiro atoms. The maximum Gasteiger partial charge on any atom is 0.409 e. The lowest BCUT2D eigenvalue weighted by atomic mass is 10.0. The summed E-state index contributed by atoms with van der Waals surface area (Å²) in [4.78, 5) is 13.9. The summed E-state index contributed by atoms with van der Waals surface area (Å²) >= 11 is 0. The Labute approximate surface area is 202 Å². The van der Waals surface area contributed by atoms with Gasteiger partial charge in [-0.3, -0.25) is 0 Å². The minimum atomic E-state index is -0.887. The molecule has 0 aliphatic heterocycles. The van der Waals surface area contributed by atoms with E-state index in [2.05, 4.69) is 27.7 Å². The molecule has 0 bridgehead atoms. The van der Waals surface area contributed by atoms with Crippen molar-refractivity contribution >= 4 is 14.9 Å². The van der Waals surface area contributed by atoms with Gasteiger partial charge in [0.25, 0.3) is 0 Å². The van der Waals surface area contributed by atoms with Crippen molar-refractivity contribution in [2.24, 2.45) is 0 Å². The van der Waals surface area contributed by atoms with Gasteiger partial charge in [-0.1, -0.05) is 116 Å². The normalized spacial score (nSPS) is 12.3. The predicted molar refractivity (Wildman–Crippen MR) is 142 cm³/mol. The first-order chi connectivity index (χ1) is 15.5. The summed E-state index contributed by atoms with van der Waals surface area (Å²) in [6.45, 7) is 11.1. The van der Waals surface area contributed by atoms with Crippen LogP contribution in [0.1, 0.15) is 124 Å². The minimum Gasteiger partial charge on any atom is -0.449 e. The molecule has 0 fully saturated rings. The van der Waals surface area contributed by atoms with Crippen LogP contribution in [0.25, 0.3) is 0 Å². The average Bonchev–Trinajstić information content (AvgIpc) is 2.78. The van der Waals surface area contributed by atoms with Crippen LogP contribution < -0.4 is 0 Å². The highest BCUT2D eigenvalue weighted by Crippen LogP contribution is 2.15. The molecular weight excluding hydrogens is 414 g/mol. The second-order valence-electron chi connectivity index (χ2n) is 9.94. The quantitative estimate of drug-likeness (QED) is 0.111. The lowest BCUT2D eigenvalue weighted by molar-refractivity contribution is 0.110. The number of hydrogen-bond donors (Lipinski definition) is 0. The van der Waals surface area contributed by atoms with Crippen molar-refractivity contribution in [2.75, 3.05) is 33.0 Å². The summed E-state index contributed by atoms with van der Waals surface area (Å²) in [5, 5.41) is 0. The zero-order valence-corrected chi connectivity index (χ0v) is 23.6. The highest BCUT2D eigenvalue weighted by atomic mass is 28.3. The number of carbonyl (C=O) groups is 1. The van der Waals surface area contributed by atoms with Crippen molar-refractivity contribution in [3.05, 3.63) is 0 Å². The van der Waals surface area contributed by atoms with E-state index in [9.17, 15) is 4.79 Å². The van der Waals surface area contributed by atoms with Crippen LogP contribution in [0.5, 0.6) is 0 Å². The van der Waals surface area contributed by atoms with Crippen LogP contribution in [0.15, 0.2) is 0 Å². The highest BCUT2D eigenvalue weighted by Gasteiger charge is 2.16. The molecule has 1 unspecified atom stereocenters. The fraction of sp³-hybridized carbons (Fsp3) is 0.963. The molecule has 0 heterocycles. The summed E-state index contributed by atoms with van der Waals surface area (Å²) < 4.78 is 11.1. The molecule has 0 rings (SSSR count). The molecule has 0 saturated heterocycles. The van der Waals surface area contributed by atoms with Crippen LogP contribution in [-0.2, 0) is 9.47 Å². The van der Waals surface area contributed by atoms with Crippen LogP contribution in [-0.4, -0.2) is 52.8 Å². The maximum absolute atomic E-state index is 12.1. The third-order valence-electron chi connectivity index (χ3n) is 6.58. The number of carbonyl (C=O) groups excluding carboxylic acids is 1. The van der Waals surface area contributed by atoms with Gasteiger partial charge in [-0.05, 0) is 19.8 Å². The summed E-state index contributed by atoms with van der Waals surface area (Å²) in [6, 6.07) is 1.19. The van der Waals surface area contributed by atoms with Gasteiger partial charge < -0.3 is 14.4 Å². The Morgan fingerprint density at radius 3 is 1.75 bits per heavy atom. The van der Waals surface area contributed by atoms with Crippen molar-refractivity contribution in [1.29, 1.82) is 0 Å². The van der Waals surface area contributed by atoms with E-state index < -0.39 is 8.80 Å². The number of rotatable bonds is 23. The molecule has 5 heteroatoms. The van der Waals surface area contributed by atoms with Crippen molar-refractivity contribution in [3.63, 3.8) is 0 Å². The Hall–Kier alpha value is -0.553. The Kier molecular flexibility index (Phi) is 23.2. The molecule has 0 aliphatic carbocycles.